The lowest BCUT2D eigenvalue weighted by Crippen LogP contribution is -2.23. The summed E-state index contributed by atoms with van der Waals surface area (Å²) in [5, 5.41) is 4.96. The summed E-state index contributed by atoms with van der Waals surface area (Å²) < 4.78 is 1.87. The third kappa shape index (κ3) is 3.86. The highest BCUT2D eigenvalue weighted by Crippen LogP contribution is 2.34. The summed E-state index contributed by atoms with van der Waals surface area (Å²) in [6.07, 6.45) is 2.67. The first kappa shape index (κ1) is 19.9. The van der Waals surface area contributed by atoms with Crippen molar-refractivity contribution in [3.63, 3.8) is 0 Å². The summed E-state index contributed by atoms with van der Waals surface area (Å²) in [6, 6.07) is 23.9. The van der Waals surface area contributed by atoms with Crippen LogP contribution in [0.25, 0.3) is 21.8 Å². The molecule has 5 rings (SSSR count). The summed E-state index contributed by atoms with van der Waals surface area (Å²) in [6.45, 7) is 2.04. The Morgan fingerprint density at radius 1 is 0.968 bits per heavy atom. The van der Waals surface area contributed by atoms with E-state index in [1.54, 1.807) is 11.8 Å². The van der Waals surface area contributed by atoms with Gasteiger partial charge in [0.05, 0.1) is 16.3 Å². The number of nitrogens with one attached hydrogen (secondary N) is 1. The minimum absolute atomic E-state index is 0.0809. The molecule has 0 radical (unpaired) electrons. The Balaban J connectivity index is 1.45. The first-order valence-electron chi connectivity index (χ1n) is 10.8. The van der Waals surface area contributed by atoms with E-state index in [4.69, 9.17) is 0 Å². The number of nitrogens with zero attached hydrogens (tertiary/aromatic N) is 1. The van der Waals surface area contributed by atoms with Crippen LogP contribution in [0, 0.1) is 5.92 Å². The number of rotatable bonds is 6. The predicted octanol–water partition coefficient (Wildman–Crippen LogP) is 6.35. The molecule has 5 heteroatoms. The summed E-state index contributed by atoms with van der Waals surface area (Å²) in [7, 11) is 0. The zero-order valence-electron chi connectivity index (χ0n) is 17.4. The van der Waals surface area contributed by atoms with Gasteiger partial charge in [-0.25, -0.2) is 0 Å². The normalized spacial score (nSPS) is 14.6. The molecule has 1 amide bonds. The van der Waals surface area contributed by atoms with E-state index in [9.17, 15) is 9.59 Å². The van der Waals surface area contributed by atoms with Crippen LogP contribution in [0.15, 0.2) is 77.7 Å². The second kappa shape index (κ2) is 8.23. The van der Waals surface area contributed by atoms with Gasteiger partial charge in [-0.2, -0.15) is 0 Å². The van der Waals surface area contributed by atoms with E-state index in [1.807, 2.05) is 72.2 Å². The van der Waals surface area contributed by atoms with Crippen LogP contribution in [0.2, 0.25) is 0 Å². The van der Waals surface area contributed by atoms with Crippen molar-refractivity contribution in [1.82, 2.24) is 4.57 Å². The van der Waals surface area contributed by atoms with Crippen molar-refractivity contribution in [3.8, 4) is 0 Å². The topological polar surface area (TPSA) is 51.1 Å². The van der Waals surface area contributed by atoms with Gasteiger partial charge < -0.3 is 5.32 Å². The molecule has 0 aliphatic heterocycles. The van der Waals surface area contributed by atoms with Gasteiger partial charge in [0, 0.05) is 27.3 Å². The molecule has 1 aliphatic carbocycles. The fourth-order valence-corrected chi connectivity index (χ4v) is 5.07. The Labute approximate surface area is 185 Å². The molecule has 1 fully saturated rings. The van der Waals surface area contributed by atoms with E-state index >= 15 is 0 Å². The minimum atomic E-state index is -0.228. The van der Waals surface area contributed by atoms with Crippen molar-refractivity contribution in [2.24, 2.45) is 5.92 Å². The largest absolute Gasteiger partial charge is 0.326 e. The maximum atomic E-state index is 13.7. The lowest BCUT2D eigenvalue weighted by Gasteiger charge is -2.16. The van der Waals surface area contributed by atoms with E-state index in [0.29, 0.717) is 6.42 Å². The quantitative estimate of drug-likeness (QED) is 0.364. The first-order chi connectivity index (χ1) is 15.2. The van der Waals surface area contributed by atoms with Gasteiger partial charge in [0.1, 0.15) is 0 Å². The molecule has 1 saturated carbocycles. The number of hydrogen-bond acceptors (Lipinski definition) is 3. The number of carbonyl (C=O) groups is 2. The Bertz CT molecular complexity index is 1240. The molecule has 31 heavy (non-hydrogen) atoms. The van der Waals surface area contributed by atoms with Crippen LogP contribution in [-0.4, -0.2) is 21.6 Å². The number of aromatic nitrogens is 1. The molecule has 0 spiro atoms. The van der Waals surface area contributed by atoms with Gasteiger partial charge in [0.25, 0.3) is 0 Å². The zero-order valence-corrected chi connectivity index (χ0v) is 18.2. The van der Waals surface area contributed by atoms with E-state index in [-0.39, 0.29) is 23.0 Å². The summed E-state index contributed by atoms with van der Waals surface area (Å²) in [4.78, 5) is 26.8. The monoisotopic (exact) mass is 428 g/mol. The molecule has 1 aliphatic rings. The summed E-state index contributed by atoms with van der Waals surface area (Å²) >= 11 is 1.56. The van der Waals surface area contributed by atoms with E-state index in [1.165, 1.54) is 0 Å². The number of fused-ring (bicyclic) bond motifs is 3. The van der Waals surface area contributed by atoms with Gasteiger partial charge >= 0.3 is 0 Å². The second-order valence-electron chi connectivity index (χ2n) is 8.01. The van der Waals surface area contributed by atoms with Crippen LogP contribution in [0.5, 0.6) is 0 Å². The van der Waals surface area contributed by atoms with Crippen LogP contribution < -0.4 is 5.32 Å². The van der Waals surface area contributed by atoms with Gasteiger partial charge in [-0.1, -0.05) is 49.4 Å². The number of thioether (sulfide) groups is 1. The molecular formula is C26H24N2O2S. The van der Waals surface area contributed by atoms with Crippen LogP contribution in [-0.2, 0) is 4.79 Å². The number of carbonyl (C=O) groups excluding carboxylic acids is 2. The molecule has 4 nitrogen and oxygen atoms in total. The Morgan fingerprint density at radius 2 is 1.61 bits per heavy atom. The van der Waals surface area contributed by atoms with E-state index in [2.05, 4.69) is 17.4 Å². The molecule has 4 aromatic rings. The molecule has 0 bridgehead atoms. The smallest absolute Gasteiger partial charge is 0.245 e. The van der Waals surface area contributed by atoms with Crippen molar-refractivity contribution >= 4 is 51.1 Å². The molecule has 156 valence electrons. The first-order valence-corrected chi connectivity index (χ1v) is 11.6. The van der Waals surface area contributed by atoms with E-state index in [0.717, 1.165) is 45.2 Å². The third-order valence-corrected chi connectivity index (χ3v) is 7.12. The number of para-hydroxylation sites is 2. The Kier molecular flexibility index (Phi) is 5.28. The summed E-state index contributed by atoms with van der Waals surface area (Å²) in [5.41, 5.74) is 2.68. The number of amides is 1. The highest BCUT2D eigenvalue weighted by molar-refractivity contribution is 8.00. The van der Waals surface area contributed by atoms with Crippen LogP contribution in [0.1, 0.15) is 31.0 Å². The minimum Gasteiger partial charge on any atom is -0.326 e. The average Bonchev–Trinajstić information content (AvgIpc) is 3.59. The molecule has 1 atom stereocenters. The molecule has 1 unspecified atom stereocenters. The molecule has 1 N–H and O–H groups in total. The average molecular weight is 429 g/mol. The molecule has 0 saturated heterocycles. The van der Waals surface area contributed by atoms with Crippen LogP contribution in [0.4, 0.5) is 5.69 Å². The fourth-order valence-electron chi connectivity index (χ4n) is 4.01. The Morgan fingerprint density at radius 3 is 2.23 bits per heavy atom. The van der Waals surface area contributed by atoms with Crippen molar-refractivity contribution in [3.05, 3.63) is 72.8 Å². The standard InChI is InChI=1S/C26H24N2O2S/c1-2-24(31-19-9-7-8-18(16-19)27-25(29)17-14-15-17)26(30)28-22-12-5-3-10-20(22)21-11-4-6-13-23(21)28/h3-13,16-17,24H,2,14-15H2,1H3,(H,27,29). The Hall–Kier alpha value is -3.05. The maximum absolute atomic E-state index is 13.7. The van der Waals surface area contributed by atoms with Crippen LogP contribution >= 0.6 is 11.8 Å². The third-order valence-electron chi connectivity index (χ3n) is 5.77. The summed E-state index contributed by atoms with van der Waals surface area (Å²) in [5.74, 6) is 0.337. The molecule has 3 aromatic carbocycles. The van der Waals surface area contributed by atoms with E-state index < -0.39 is 0 Å². The highest BCUT2D eigenvalue weighted by atomic mass is 32.2. The second-order valence-corrected chi connectivity index (χ2v) is 9.29. The maximum Gasteiger partial charge on any atom is 0.245 e. The predicted molar refractivity (Wildman–Crippen MR) is 128 cm³/mol. The molecule has 1 aromatic heterocycles. The SMILES string of the molecule is CCC(Sc1cccc(NC(=O)C2CC2)c1)C(=O)n1c2ccccc2c2ccccc21. The number of hydrogen-bond donors (Lipinski definition) is 1. The van der Waals surface area contributed by atoms with Gasteiger partial charge in [-0.3, -0.25) is 14.2 Å². The van der Waals surface area contributed by atoms with Crippen molar-refractivity contribution in [2.75, 3.05) is 5.32 Å². The van der Waals surface area contributed by atoms with Gasteiger partial charge in [0.2, 0.25) is 11.8 Å². The van der Waals surface area contributed by atoms with Crippen LogP contribution in [0.3, 0.4) is 0 Å². The molecule has 1 heterocycles. The van der Waals surface area contributed by atoms with Gasteiger partial charge in [-0.15, -0.1) is 11.8 Å². The lowest BCUT2D eigenvalue weighted by molar-refractivity contribution is -0.117. The lowest BCUT2D eigenvalue weighted by atomic mass is 10.2. The number of anilines is 1. The fraction of sp³-hybridized carbons (Fsp3) is 0.231. The van der Waals surface area contributed by atoms with Crippen molar-refractivity contribution in [1.29, 1.82) is 0 Å². The van der Waals surface area contributed by atoms with Gasteiger partial charge in [0.15, 0.2) is 0 Å². The van der Waals surface area contributed by atoms with Crippen molar-refractivity contribution < 1.29 is 9.59 Å². The van der Waals surface area contributed by atoms with Crippen molar-refractivity contribution in [2.45, 2.75) is 36.3 Å². The zero-order chi connectivity index (χ0) is 21.4. The number of benzene rings is 3. The molecular weight excluding hydrogens is 404 g/mol. The highest BCUT2D eigenvalue weighted by Gasteiger charge is 2.29. The van der Waals surface area contributed by atoms with Gasteiger partial charge in [-0.05, 0) is 49.6 Å².